The Labute approximate surface area is 225 Å². The molecule has 3 saturated heterocycles. The highest BCUT2D eigenvalue weighted by molar-refractivity contribution is 6.01. The quantitative estimate of drug-likeness (QED) is 0.388. The van der Waals surface area contributed by atoms with E-state index in [9.17, 15) is 9.50 Å². The van der Waals surface area contributed by atoms with Gasteiger partial charge in [-0.05, 0) is 60.8 Å². The maximum Gasteiger partial charge on any atom is 0.319 e. The Morgan fingerprint density at radius 1 is 1.00 bits per heavy atom. The molecule has 202 valence electrons. The number of halogens is 2. The van der Waals surface area contributed by atoms with Gasteiger partial charge in [0.05, 0.1) is 0 Å². The lowest BCUT2D eigenvalue weighted by Gasteiger charge is -2.34. The lowest BCUT2D eigenvalue weighted by molar-refractivity contribution is 0.188. The Bertz CT molecular complexity index is 1550. The molecule has 3 aliphatic heterocycles. The number of nitrogens with zero attached hydrogens (tertiary/aromatic N) is 4. The van der Waals surface area contributed by atoms with Crippen LogP contribution in [0.1, 0.15) is 19.3 Å². The number of hydrogen-bond acceptors (Lipinski definition) is 7. The van der Waals surface area contributed by atoms with E-state index in [4.69, 9.17) is 9.72 Å². The van der Waals surface area contributed by atoms with Crippen LogP contribution in [0.3, 0.4) is 0 Å². The van der Waals surface area contributed by atoms with Crippen molar-refractivity contribution >= 4 is 27.5 Å². The van der Waals surface area contributed by atoms with E-state index in [1.165, 1.54) is 0 Å². The second kappa shape index (κ2) is 9.57. The number of aromatic nitrogens is 2. The van der Waals surface area contributed by atoms with Gasteiger partial charge in [-0.15, -0.1) is 0 Å². The first kappa shape index (κ1) is 24.5. The number of piperazine rings is 1. The van der Waals surface area contributed by atoms with Crippen molar-refractivity contribution in [1.82, 2.24) is 20.2 Å². The van der Waals surface area contributed by atoms with Gasteiger partial charge in [-0.25, -0.2) is 8.78 Å². The normalized spacial score (nSPS) is 25.2. The Morgan fingerprint density at radius 3 is 2.56 bits per heavy atom. The van der Waals surface area contributed by atoms with Crippen LogP contribution in [0.15, 0.2) is 48.5 Å². The fourth-order valence-electron chi connectivity index (χ4n) is 6.50. The molecule has 1 aromatic heterocycles. The van der Waals surface area contributed by atoms with Gasteiger partial charge >= 0.3 is 6.01 Å². The summed E-state index contributed by atoms with van der Waals surface area (Å²) in [6, 6.07) is 15.2. The van der Waals surface area contributed by atoms with Crippen LogP contribution in [0.25, 0.3) is 32.8 Å². The van der Waals surface area contributed by atoms with Gasteiger partial charge in [0.2, 0.25) is 0 Å². The number of benzene rings is 3. The van der Waals surface area contributed by atoms with E-state index in [1.807, 2.05) is 42.3 Å². The molecule has 3 fully saturated rings. The fraction of sp³-hybridized carbons (Fsp3) is 0.400. The number of anilines is 1. The summed E-state index contributed by atoms with van der Waals surface area (Å²) >= 11 is 0. The standard InChI is InChI=1S/C30H31F2N5O2/c1-36-13-18(31)11-21(36)16-39-30-34-28-25(29(35-30)37-14-19-6-7-20(15-37)33-19)9-8-24(27(28)32)26-12-22(38)10-17-4-2-3-5-23(17)26/h2-5,8-10,12,18-21,33,38H,6-7,11,13-16H2,1H3/t18-,19-,20+,21+/m1/s1. The first-order valence-electron chi connectivity index (χ1n) is 13.6. The molecule has 4 atom stereocenters. The molecule has 2 bridgehead atoms. The van der Waals surface area contributed by atoms with Gasteiger partial charge in [-0.1, -0.05) is 30.3 Å². The number of aromatic hydroxyl groups is 1. The number of nitrogens with one attached hydrogen (secondary N) is 1. The monoisotopic (exact) mass is 531 g/mol. The molecule has 3 aliphatic rings. The van der Waals surface area contributed by atoms with Crippen LogP contribution in [0, 0.1) is 5.82 Å². The minimum atomic E-state index is -0.884. The van der Waals surface area contributed by atoms with Crippen molar-refractivity contribution in [3.05, 3.63) is 54.3 Å². The van der Waals surface area contributed by atoms with Crippen LogP contribution in [0.5, 0.6) is 11.8 Å². The van der Waals surface area contributed by atoms with E-state index in [-0.39, 0.29) is 29.9 Å². The number of phenolic OH excluding ortho intramolecular Hbond substituents is 1. The third kappa shape index (κ3) is 4.43. The summed E-state index contributed by atoms with van der Waals surface area (Å²) in [7, 11) is 1.88. The summed E-state index contributed by atoms with van der Waals surface area (Å²) in [4.78, 5) is 13.5. The van der Waals surface area contributed by atoms with Crippen molar-refractivity contribution in [1.29, 1.82) is 0 Å². The van der Waals surface area contributed by atoms with Crippen molar-refractivity contribution in [3.8, 4) is 22.9 Å². The van der Waals surface area contributed by atoms with E-state index in [0.717, 1.165) is 36.7 Å². The third-order valence-electron chi connectivity index (χ3n) is 8.46. The van der Waals surface area contributed by atoms with Crippen molar-refractivity contribution in [2.24, 2.45) is 0 Å². The summed E-state index contributed by atoms with van der Waals surface area (Å²) in [5.41, 5.74) is 1.12. The lowest BCUT2D eigenvalue weighted by atomic mass is 9.96. The summed E-state index contributed by atoms with van der Waals surface area (Å²) < 4.78 is 36.4. The zero-order valence-electron chi connectivity index (χ0n) is 21.8. The number of likely N-dealkylation sites (N-methyl/N-ethyl adjacent to an activating group) is 1. The Morgan fingerprint density at radius 2 is 1.79 bits per heavy atom. The van der Waals surface area contributed by atoms with Gasteiger partial charge in [0.25, 0.3) is 0 Å². The minimum Gasteiger partial charge on any atom is -0.508 e. The first-order chi connectivity index (χ1) is 18.9. The summed E-state index contributed by atoms with van der Waals surface area (Å²) in [5, 5.41) is 16.3. The Hall–Kier alpha value is -3.56. The second-order valence-corrected chi connectivity index (χ2v) is 11.1. The van der Waals surface area contributed by atoms with Crippen molar-refractivity contribution in [3.63, 3.8) is 0 Å². The highest BCUT2D eigenvalue weighted by Crippen LogP contribution is 2.39. The van der Waals surface area contributed by atoms with Crippen LogP contribution < -0.4 is 15.0 Å². The second-order valence-electron chi connectivity index (χ2n) is 11.1. The molecule has 4 heterocycles. The molecular weight excluding hydrogens is 500 g/mol. The molecule has 0 unspecified atom stereocenters. The Kier molecular flexibility index (Phi) is 6.01. The summed E-state index contributed by atoms with van der Waals surface area (Å²) in [5.74, 6) is 0.234. The van der Waals surface area contributed by atoms with E-state index < -0.39 is 12.0 Å². The number of ether oxygens (including phenoxy) is 1. The van der Waals surface area contributed by atoms with Crippen molar-refractivity contribution in [2.45, 2.75) is 43.6 Å². The van der Waals surface area contributed by atoms with Crippen LogP contribution >= 0.6 is 0 Å². The van der Waals surface area contributed by atoms with Gasteiger partial charge in [-0.2, -0.15) is 9.97 Å². The molecule has 0 aliphatic carbocycles. The molecule has 2 N–H and O–H groups in total. The predicted molar refractivity (Wildman–Crippen MR) is 148 cm³/mol. The van der Waals surface area contributed by atoms with Gasteiger partial charge in [0, 0.05) is 48.7 Å². The van der Waals surface area contributed by atoms with E-state index >= 15 is 4.39 Å². The average molecular weight is 532 g/mol. The topological polar surface area (TPSA) is 73.8 Å². The molecule has 39 heavy (non-hydrogen) atoms. The number of hydrogen-bond donors (Lipinski definition) is 2. The number of fused-ring (bicyclic) bond motifs is 4. The zero-order chi connectivity index (χ0) is 26.7. The van der Waals surface area contributed by atoms with E-state index in [1.54, 1.807) is 18.2 Å². The molecule has 0 saturated carbocycles. The molecule has 7 rings (SSSR count). The molecule has 7 nitrogen and oxygen atoms in total. The number of rotatable bonds is 5. The molecule has 0 spiro atoms. The van der Waals surface area contributed by atoms with Gasteiger partial charge in [-0.3, -0.25) is 4.90 Å². The van der Waals surface area contributed by atoms with Gasteiger partial charge < -0.3 is 20.1 Å². The molecule has 4 aromatic rings. The highest BCUT2D eigenvalue weighted by atomic mass is 19.1. The summed E-state index contributed by atoms with van der Waals surface area (Å²) in [6.45, 7) is 2.15. The highest BCUT2D eigenvalue weighted by Gasteiger charge is 2.34. The molecular formula is C30H31F2N5O2. The van der Waals surface area contributed by atoms with Crippen LogP contribution in [0.2, 0.25) is 0 Å². The van der Waals surface area contributed by atoms with Gasteiger partial charge in [0.15, 0.2) is 5.82 Å². The van der Waals surface area contributed by atoms with Crippen molar-refractivity contribution < 1.29 is 18.6 Å². The zero-order valence-corrected chi connectivity index (χ0v) is 21.8. The van der Waals surface area contributed by atoms with Crippen LogP contribution in [0.4, 0.5) is 14.6 Å². The number of alkyl halides is 1. The predicted octanol–water partition coefficient (Wildman–Crippen LogP) is 4.66. The molecule has 9 heteroatoms. The maximum absolute atomic E-state index is 16.4. The maximum atomic E-state index is 16.4. The SMILES string of the molecule is CN1C[C@H](F)C[C@H]1COc1nc(N2C[C@H]3CC[C@@H](C2)N3)c2ccc(-c3cc(O)cc4ccccc34)c(F)c2n1. The smallest absolute Gasteiger partial charge is 0.319 e. The molecule has 0 radical (unpaired) electrons. The first-order valence-corrected chi connectivity index (χ1v) is 13.6. The largest absolute Gasteiger partial charge is 0.508 e. The number of phenols is 1. The fourth-order valence-corrected chi connectivity index (χ4v) is 6.50. The van der Waals surface area contributed by atoms with E-state index in [0.29, 0.717) is 47.4 Å². The minimum absolute atomic E-state index is 0.0683. The van der Waals surface area contributed by atoms with Crippen molar-refractivity contribution in [2.75, 3.05) is 38.2 Å². The third-order valence-corrected chi connectivity index (χ3v) is 8.46. The van der Waals surface area contributed by atoms with Gasteiger partial charge in [0.1, 0.15) is 29.9 Å². The van der Waals surface area contributed by atoms with E-state index in [2.05, 4.69) is 15.2 Å². The van der Waals surface area contributed by atoms with Crippen LogP contribution in [-0.2, 0) is 0 Å². The molecule has 0 amide bonds. The summed E-state index contributed by atoms with van der Waals surface area (Å²) in [6.07, 6.45) is 1.72. The molecule has 3 aromatic carbocycles. The Balaban J connectivity index is 1.34. The van der Waals surface area contributed by atoms with Crippen LogP contribution in [-0.4, -0.2) is 77.6 Å². The average Bonchev–Trinajstić information content (AvgIpc) is 3.44. The lowest BCUT2D eigenvalue weighted by Crippen LogP contribution is -2.51. The number of likely N-dealkylation sites (tertiary alicyclic amines) is 1.